The van der Waals surface area contributed by atoms with Crippen LogP contribution in [0.15, 0.2) is 9.59 Å². The maximum atomic E-state index is 12.9. The fraction of sp³-hybridized carbons (Fsp3) is 0.826. The number of nitrogens with zero attached hydrogens (tertiary/aromatic N) is 5. The lowest BCUT2D eigenvalue weighted by atomic mass is 9.87. The van der Waals surface area contributed by atoms with E-state index in [1.54, 1.807) is 4.57 Å². The number of halogens is 3. The SMILES string of the molecule is CN1c2nn(CC3CCCCC3)c(=O)c(=O)n2CC12CCN(CC1CC1)CC2.O=C(O)C(F)(F)F. The van der Waals surface area contributed by atoms with Crippen LogP contribution < -0.4 is 16.0 Å². The fourth-order valence-corrected chi connectivity index (χ4v) is 5.58. The first kappa shape index (κ1) is 25.7. The molecule has 1 saturated heterocycles. The molecule has 5 rings (SSSR count). The van der Waals surface area contributed by atoms with Gasteiger partial charge in [-0.1, -0.05) is 19.3 Å². The van der Waals surface area contributed by atoms with Gasteiger partial charge in [0.1, 0.15) is 0 Å². The molecule has 2 aliphatic carbocycles. The van der Waals surface area contributed by atoms with Crippen LogP contribution in [0.3, 0.4) is 0 Å². The van der Waals surface area contributed by atoms with Gasteiger partial charge in [-0.15, -0.1) is 5.10 Å². The number of rotatable bonds is 4. The summed E-state index contributed by atoms with van der Waals surface area (Å²) in [4.78, 5) is 39.3. The molecule has 1 aromatic heterocycles. The molecule has 0 radical (unpaired) electrons. The number of carboxylic acids is 1. The molecule has 0 bridgehead atoms. The quantitative estimate of drug-likeness (QED) is 0.632. The van der Waals surface area contributed by atoms with E-state index in [0.717, 1.165) is 44.7 Å². The number of likely N-dealkylation sites (tertiary alicyclic amines) is 1. The molecule has 2 aliphatic heterocycles. The van der Waals surface area contributed by atoms with Gasteiger partial charge in [-0.25, -0.2) is 9.48 Å². The summed E-state index contributed by atoms with van der Waals surface area (Å²) in [5.74, 6) is -0.671. The number of fused-ring (bicyclic) bond motifs is 1. The van der Waals surface area contributed by atoms with Crippen molar-refractivity contribution in [2.45, 2.75) is 82.6 Å². The summed E-state index contributed by atoms with van der Waals surface area (Å²) < 4.78 is 34.9. The third kappa shape index (κ3) is 5.73. The highest BCUT2D eigenvalue weighted by Gasteiger charge is 2.46. The van der Waals surface area contributed by atoms with Crippen LogP contribution in [0.2, 0.25) is 0 Å². The van der Waals surface area contributed by atoms with Gasteiger partial charge in [-0.05, 0) is 50.4 Å². The Bertz CT molecular complexity index is 1040. The number of hydrogen-bond donors (Lipinski definition) is 1. The maximum Gasteiger partial charge on any atom is 0.490 e. The Kier molecular flexibility index (Phi) is 7.31. The standard InChI is InChI=1S/C21H33N5O2.C2HF3O2/c1-23-20-22-26(14-16-5-3-2-4-6-16)19(28)18(27)25(20)15-21(23)9-11-24(12-10-21)13-17-7-8-17;3-2(4,5)1(6)7/h16-17H,2-15H2,1H3;(H,6,7). The van der Waals surface area contributed by atoms with Gasteiger partial charge >= 0.3 is 23.3 Å². The van der Waals surface area contributed by atoms with Crippen LogP contribution in [0.5, 0.6) is 0 Å². The second kappa shape index (κ2) is 9.94. The summed E-state index contributed by atoms with van der Waals surface area (Å²) in [5.41, 5.74) is -0.883. The highest BCUT2D eigenvalue weighted by molar-refractivity contribution is 5.73. The van der Waals surface area contributed by atoms with E-state index in [1.165, 1.54) is 43.3 Å². The van der Waals surface area contributed by atoms with E-state index in [4.69, 9.17) is 15.0 Å². The summed E-state index contributed by atoms with van der Waals surface area (Å²) in [7, 11) is 2.07. The van der Waals surface area contributed by atoms with Crippen LogP contribution in [-0.4, -0.2) is 68.7 Å². The Hall–Kier alpha value is -2.37. The van der Waals surface area contributed by atoms with Gasteiger partial charge in [-0.3, -0.25) is 14.2 Å². The van der Waals surface area contributed by atoms with E-state index in [-0.39, 0.29) is 11.1 Å². The summed E-state index contributed by atoms with van der Waals surface area (Å²) in [5, 5.41) is 11.8. The number of likely N-dealkylation sites (N-methyl/N-ethyl adjacent to an activating group) is 1. The molecule has 3 heterocycles. The van der Waals surface area contributed by atoms with E-state index in [2.05, 4.69) is 16.8 Å². The lowest BCUT2D eigenvalue weighted by Crippen LogP contribution is -2.53. The second-order valence-electron chi connectivity index (χ2n) is 10.5. The Morgan fingerprint density at radius 1 is 1.00 bits per heavy atom. The Morgan fingerprint density at radius 2 is 1.57 bits per heavy atom. The monoisotopic (exact) mass is 501 g/mol. The first-order valence-electron chi connectivity index (χ1n) is 12.5. The van der Waals surface area contributed by atoms with Gasteiger partial charge in [0.2, 0.25) is 5.95 Å². The zero-order valence-corrected chi connectivity index (χ0v) is 20.1. The minimum atomic E-state index is -5.08. The van der Waals surface area contributed by atoms with Crippen molar-refractivity contribution in [2.75, 3.05) is 31.6 Å². The number of hydrogen-bond acceptors (Lipinski definition) is 6. The van der Waals surface area contributed by atoms with Crippen LogP contribution in [-0.2, 0) is 17.9 Å². The molecular weight excluding hydrogens is 467 g/mol. The first-order valence-corrected chi connectivity index (χ1v) is 12.5. The van der Waals surface area contributed by atoms with E-state index >= 15 is 0 Å². The van der Waals surface area contributed by atoms with Gasteiger partial charge in [0.15, 0.2) is 0 Å². The molecule has 1 N–H and O–H groups in total. The van der Waals surface area contributed by atoms with Gasteiger partial charge in [0.05, 0.1) is 12.1 Å². The van der Waals surface area contributed by atoms with Crippen LogP contribution in [0.4, 0.5) is 19.1 Å². The summed E-state index contributed by atoms with van der Waals surface area (Å²) in [6.45, 7) is 4.60. The minimum Gasteiger partial charge on any atom is -0.475 e. The molecule has 1 spiro atoms. The number of carboxylic acid groups (broad SMARTS) is 1. The maximum absolute atomic E-state index is 12.9. The number of aromatic nitrogens is 3. The average Bonchev–Trinajstić information content (AvgIpc) is 3.60. The minimum absolute atomic E-state index is 0.0598. The van der Waals surface area contributed by atoms with Crippen molar-refractivity contribution in [1.82, 2.24) is 19.2 Å². The molecule has 1 aromatic rings. The summed E-state index contributed by atoms with van der Waals surface area (Å²) >= 11 is 0. The number of aliphatic carboxylic acids is 1. The average molecular weight is 502 g/mol. The Balaban J connectivity index is 0.000000364. The molecule has 4 aliphatic rings. The smallest absolute Gasteiger partial charge is 0.475 e. The summed E-state index contributed by atoms with van der Waals surface area (Å²) in [6, 6.07) is 0. The predicted octanol–water partition coefficient (Wildman–Crippen LogP) is 2.31. The molecule has 2 saturated carbocycles. The van der Waals surface area contributed by atoms with Crippen molar-refractivity contribution in [2.24, 2.45) is 11.8 Å². The van der Waals surface area contributed by atoms with E-state index < -0.39 is 17.7 Å². The molecule has 9 nitrogen and oxygen atoms in total. The molecule has 3 fully saturated rings. The lowest BCUT2D eigenvalue weighted by molar-refractivity contribution is -0.192. The molecule has 0 atom stereocenters. The summed E-state index contributed by atoms with van der Waals surface area (Å²) in [6.07, 6.45) is 5.79. The third-order valence-electron chi connectivity index (χ3n) is 7.98. The highest BCUT2D eigenvalue weighted by atomic mass is 19.4. The molecule has 12 heteroatoms. The van der Waals surface area contributed by atoms with E-state index in [9.17, 15) is 22.8 Å². The Morgan fingerprint density at radius 3 is 2.11 bits per heavy atom. The van der Waals surface area contributed by atoms with Crippen LogP contribution in [0, 0.1) is 11.8 Å². The number of alkyl halides is 3. The van der Waals surface area contributed by atoms with Crippen LogP contribution in [0.25, 0.3) is 0 Å². The molecule has 0 amide bonds. The third-order valence-corrected chi connectivity index (χ3v) is 7.98. The second-order valence-corrected chi connectivity index (χ2v) is 10.5. The number of piperidine rings is 1. The molecule has 0 unspecified atom stereocenters. The highest BCUT2D eigenvalue weighted by Crippen LogP contribution is 2.39. The zero-order valence-electron chi connectivity index (χ0n) is 20.1. The number of anilines is 1. The van der Waals surface area contributed by atoms with Gasteiger partial charge in [-0.2, -0.15) is 13.2 Å². The van der Waals surface area contributed by atoms with Gasteiger partial charge in [0, 0.05) is 33.2 Å². The van der Waals surface area contributed by atoms with Crippen molar-refractivity contribution in [3.8, 4) is 0 Å². The molecular formula is C23H34F3N5O4. The Labute approximate surface area is 201 Å². The molecule has 0 aromatic carbocycles. The van der Waals surface area contributed by atoms with E-state index in [1.807, 2.05) is 0 Å². The topological polar surface area (TPSA) is 101 Å². The number of carbonyl (C=O) groups is 1. The van der Waals surface area contributed by atoms with Gasteiger partial charge < -0.3 is 14.9 Å². The van der Waals surface area contributed by atoms with Crippen LogP contribution >= 0.6 is 0 Å². The molecule has 35 heavy (non-hydrogen) atoms. The van der Waals surface area contributed by atoms with E-state index in [0.29, 0.717) is 25.0 Å². The largest absolute Gasteiger partial charge is 0.490 e. The van der Waals surface area contributed by atoms with Crippen molar-refractivity contribution < 1.29 is 23.1 Å². The first-order chi connectivity index (χ1) is 16.5. The normalized spacial score (nSPS) is 22.6. The van der Waals surface area contributed by atoms with Crippen molar-refractivity contribution >= 4 is 11.9 Å². The predicted molar refractivity (Wildman–Crippen MR) is 123 cm³/mol. The zero-order chi connectivity index (χ0) is 25.4. The van der Waals surface area contributed by atoms with Crippen molar-refractivity contribution in [3.63, 3.8) is 0 Å². The van der Waals surface area contributed by atoms with Crippen molar-refractivity contribution in [3.05, 3.63) is 20.7 Å². The lowest BCUT2D eigenvalue weighted by Gasteiger charge is -2.43. The molecule has 196 valence electrons. The van der Waals surface area contributed by atoms with Gasteiger partial charge in [0.25, 0.3) is 0 Å². The fourth-order valence-electron chi connectivity index (χ4n) is 5.58. The van der Waals surface area contributed by atoms with Crippen LogP contribution in [0.1, 0.15) is 57.8 Å². The van der Waals surface area contributed by atoms with Crippen molar-refractivity contribution in [1.29, 1.82) is 0 Å².